The summed E-state index contributed by atoms with van der Waals surface area (Å²) < 4.78 is 4.88. The van der Waals surface area contributed by atoms with Gasteiger partial charge in [-0.15, -0.1) is 5.06 Å². The summed E-state index contributed by atoms with van der Waals surface area (Å²) in [7, 11) is 0. The first kappa shape index (κ1) is 16.5. The average molecular weight is 320 g/mol. The molecule has 0 aromatic heterocycles. The molecule has 1 atom stereocenters. The monoisotopic (exact) mass is 320 g/mol. The highest BCUT2D eigenvalue weighted by molar-refractivity contribution is 6.02. The van der Waals surface area contributed by atoms with Crippen LogP contribution in [0.2, 0.25) is 0 Å². The number of anilines is 1. The van der Waals surface area contributed by atoms with E-state index in [0.717, 1.165) is 0 Å². The van der Waals surface area contributed by atoms with Crippen LogP contribution in [0.5, 0.6) is 5.75 Å². The van der Waals surface area contributed by atoms with Gasteiger partial charge in [-0.1, -0.05) is 6.58 Å². The van der Waals surface area contributed by atoms with Crippen LogP contribution in [-0.2, 0) is 14.4 Å². The lowest BCUT2D eigenvalue weighted by Crippen LogP contribution is -2.36. The normalized spacial score (nSPS) is 16.9. The Labute approximate surface area is 132 Å². The minimum absolute atomic E-state index is 0.103. The maximum absolute atomic E-state index is 11.6. The number of hydrogen-bond acceptors (Lipinski definition) is 6. The zero-order valence-electron chi connectivity index (χ0n) is 12.4. The molecule has 23 heavy (non-hydrogen) atoms. The van der Waals surface area contributed by atoms with Crippen LogP contribution in [0.3, 0.4) is 0 Å². The number of amides is 2. The predicted octanol–water partition coefficient (Wildman–Crippen LogP) is 1.57. The predicted molar refractivity (Wildman–Crippen MR) is 79.1 cm³/mol. The lowest BCUT2D eigenvalue weighted by atomic mass is 10.2. The van der Waals surface area contributed by atoms with E-state index >= 15 is 0 Å². The third-order valence-corrected chi connectivity index (χ3v) is 3.01. The van der Waals surface area contributed by atoms with E-state index in [9.17, 15) is 19.5 Å². The average Bonchev–Trinajstić information content (AvgIpc) is 2.81. The van der Waals surface area contributed by atoms with Crippen molar-refractivity contribution in [3.05, 3.63) is 36.4 Å². The minimum Gasteiger partial charge on any atom is -0.393 e. The highest BCUT2D eigenvalue weighted by atomic mass is 16.8. The molecule has 2 N–H and O–H groups in total. The number of carbonyl (C=O) groups excluding carboxylic acids is 3. The van der Waals surface area contributed by atoms with E-state index < -0.39 is 18.3 Å². The standard InChI is InChI=1S/C15H16N2O6/c1-9(2)14(20)16-10-3-5-11(6-4-10)22-15(21)23-17-12(18)7-8-13(17)19/h3-6,12,18H,1,7-8H2,2H3,(H,16,20). The van der Waals surface area contributed by atoms with Gasteiger partial charge in [-0.2, -0.15) is 0 Å². The van der Waals surface area contributed by atoms with Crippen molar-refractivity contribution >= 4 is 23.7 Å². The van der Waals surface area contributed by atoms with E-state index in [1.807, 2.05) is 0 Å². The van der Waals surface area contributed by atoms with Gasteiger partial charge < -0.3 is 20.0 Å². The number of aliphatic hydroxyl groups excluding tert-OH is 1. The fourth-order valence-corrected chi connectivity index (χ4v) is 1.80. The van der Waals surface area contributed by atoms with Crippen molar-refractivity contribution in [1.29, 1.82) is 0 Å². The molecule has 0 radical (unpaired) electrons. The molecule has 1 aromatic carbocycles. The fourth-order valence-electron chi connectivity index (χ4n) is 1.80. The molecule has 1 heterocycles. The maximum atomic E-state index is 11.6. The summed E-state index contributed by atoms with van der Waals surface area (Å²) in [5.41, 5.74) is 0.867. The highest BCUT2D eigenvalue weighted by Crippen LogP contribution is 2.19. The van der Waals surface area contributed by atoms with E-state index in [4.69, 9.17) is 4.74 Å². The smallest absolute Gasteiger partial charge is 0.393 e. The van der Waals surface area contributed by atoms with Crippen molar-refractivity contribution in [2.75, 3.05) is 5.32 Å². The van der Waals surface area contributed by atoms with Gasteiger partial charge in [0.2, 0.25) is 0 Å². The molecule has 122 valence electrons. The molecule has 0 bridgehead atoms. The molecule has 0 aliphatic carbocycles. The van der Waals surface area contributed by atoms with Crippen LogP contribution in [0, 0.1) is 0 Å². The first-order chi connectivity index (χ1) is 10.9. The third kappa shape index (κ3) is 4.30. The molecule has 1 aliphatic rings. The third-order valence-electron chi connectivity index (χ3n) is 3.01. The molecule has 1 aliphatic heterocycles. The molecule has 0 spiro atoms. The molecule has 2 amide bonds. The van der Waals surface area contributed by atoms with Crippen LogP contribution in [0.4, 0.5) is 10.5 Å². The topological polar surface area (TPSA) is 105 Å². The quantitative estimate of drug-likeness (QED) is 0.496. The maximum Gasteiger partial charge on any atom is 0.539 e. The molecular weight excluding hydrogens is 304 g/mol. The number of carbonyl (C=O) groups is 3. The summed E-state index contributed by atoms with van der Waals surface area (Å²) in [6.07, 6.45) is -2.00. The lowest BCUT2D eigenvalue weighted by molar-refractivity contribution is -0.195. The van der Waals surface area contributed by atoms with E-state index in [2.05, 4.69) is 16.7 Å². The number of nitrogens with zero attached hydrogens (tertiary/aromatic N) is 1. The molecule has 1 unspecified atom stereocenters. The van der Waals surface area contributed by atoms with Crippen LogP contribution in [0.25, 0.3) is 0 Å². The summed E-state index contributed by atoms with van der Waals surface area (Å²) in [5.74, 6) is -0.656. The Morgan fingerprint density at radius 3 is 2.52 bits per heavy atom. The number of benzene rings is 1. The summed E-state index contributed by atoms with van der Waals surface area (Å²) in [6.45, 7) is 5.10. The molecule has 1 saturated heterocycles. The van der Waals surface area contributed by atoms with Gasteiger partial charge in [0.1, 0.15) is 5.75 Å². The number of ether oxygens (including phenoxy) is 1. The Morgan fingerprint density at radius 2 is 2.00 bits per heavy atom. The van der Waals surface area contributed by atoms with Gasteiger partial charge in [-0.3, -0.25) is 9.59 Å². The van der Waals surface area contributed by atoms with Crippen LogP contribution >= 0.6 is 0 Å². The lowest BCUT2D eigenvalue weighted by Gasteiger charge is -2.17. The summed E-state index contributed by atoms with van der Waals surface area (Å²) in [4.78, 5) is 39.1. The van der Waals surface area contributed by atoms with E-state index in [-0.39, 0.29) is 24.5 Å². The number of hydrogen-bond donors (Lipinski definition) is 2. The van der Waals surface area contributed by atoms with E-state index in [1.165, 1.54) is 24.3 Å². The zero-order chi connectivity index (χ0) is 17.0. The Balaban J connectivity index is 1.90. The largest absolute Gasteiger partial charge is 0.539 e. The highest BCUT2D eigenvalue weighted by Gasteiger charge is 2.33. The first-order valence-corrected chi connectivity index (χ1v) is 6.83. The number of rotatable bonds is 4. The van der Waals surface area contributed by atoms with Crippen LogP contribution in [0.15, 0.2) is 36.4 Å². The SMILES string of the molecule is C=C(C)C(=O)Nc1ccc(OC(=O)ON2C(=O)CCC2O)cc1. The summed E-state index contributed by atoms with van der Waals surface area (Å²) >= 11 is 0. The zero-order valence-corrected chi connectivity index (χ0v) is 12.4. The fraction of sp³-hybridized carbons (Fsp3) is 0.267. The van der Waals surface area contributed by atoms with Gasteiger partial charge in [-0.05, 0) is 31.2 Å². The van der Waals surface area contributed by atoms with Gasteiger partial charge in [0.05, 0.1) is 0 Å². The van der Waals surface area contributed by atoms with Crippen molar-refractivity contribution in [1.82, 2.24) is 5.06 Å². The second kappa shape index (κ2) is 6.93. The van der Waals surface area contributed by atoms with Crippen LogP contribution < -0.4 is 10.1 Å². The summed E-state index contributed by atoms with van der Waals surface area (Å²) in [5, 5.41) is 12.6. The molecule has 1 aromatic rings. The molecular formula is C15H16N2O6. The molecule has 2 rings (SSSR count). The van der Waals surface area contributed by atoms with Gasteiger partial charge >= 0.3 is 6.16 Å². The Kier molecular flexibility index (Phi) is 4.97. The van der Waals surface area contributed by atoms with E-state index in [0.29, 0.717) is 16.3 Å². The minimum atomic E-state index is -1.16. The van der Waals surface area contributed by atoms with Gasteiger partial charge in [0, 0.05) is 24.1 Å². The molecule has 8 heteroatoms. The molecule has 0 saturated carbocycles. The Hall–Kier alpha value is -2.87. The summed E-state index contributed by atoms with van der Waals surface area (Å²) in [6, 6.07) is 5.94. The van der Waals surface area contributed by atoms with Crippen LogP contribution in [0.1, 0.15) is 19.8 Å². The van der Waals surface area contributed by atoms with Gasteiger partial charge in [0.15, 0.2) is 6.23 Å². The van der Waals surface area contributed by atoms with Crippen molar-refractivity contribution in [3.8, 4) is 5.75 Å². The van der Waals surface area contributed by atoms with Crippen molar-refractivity contribution in [3.63, 3.8) is 0 Å². The van der Waals surface area contributed by atoms with Crippen molar-refractivity contribution in [2.45, 2.75) is 26.0 Å². The van der Waals surface area contributed by atoms with Crippen LogP contribution in [-0.4, -0.2) is 34.4 Å². The number of hydroxylamine groups is 2. The second-order valence-corrected chi connectivity index (χ2v) is 4.94. The Bertz CT molecular complexity index is 640. The van der Waals surface area contributed by atoms with Crippen molar-refractivity contribution in [2.24, 2.45) is 0 Å². The number of aliphatic hydroxyl groups is 1. The molecule has 1 fully saturated rings. The van der Waals surface area contributed by atoms with Crippen molar-refractivity contribution < 1.29 is 29.1 Å². The first-order valence-electron chi connectivity index (χ1n) is 6.83. The second-order valence-electron chi connectivity index (χ2n) is 4.94. The van der Waals surface area contributed by atoms with E-state index in [1.54, 1.807) is 6.92 Å². The van der Waals surface area contributed by atoms with Gasteiger partial charge in [0.25, 0.3) is 11.8 Å². The Morgan fingerprint density at radius 1 is 1.35 bits per heavy atom. The number of nitrogens with one attached hydrogen (secondary N) is 1. The molecule has 8 nitrogen and oxygen atoms in total. The van der Waals surface area contributed by atoms with Gasteiger partial charge in [-0.25, -0.2) is 4.79 Å².